The van der Waals surface area contributed by atoms with Gasteiger partial charge in [-0.1, -0.05) is 0 Å². The number of rotatable bonds is 2. The second kappa shape index (κ2) is 4.37. The van der Waals surface area contributed by atoms with E-state index < -0.39 is 0 Å². The van der Waals surface area contributed by atoms with Gasteiger partial charge in [0.25, 0.3) is 0 Å². The zero-order chi connectivity index (χ0) is 11.5. The standard InChI is InChI=1S/C11H9N3OS/c1-7-8(6-12)11(16-2)14-10(13-7)9-4-3-5-15-9/h3-5H,1-2H3. The first-order chi connectivity index (χ1) is 7.76. The van der Waals surface area contributed by atoms with E-state index >= 15 is 0 Å². The molecule has 0 saturated heterocycles. The fraction of sp³-hybridized carbons (Fsp3) is 0.182. The predicted octanol–water partition coefficient (Wildman–Crippen LogP) is 2.64. The predicted molar refractivity (Wildman–Crippen MR) is 61.0 cm³/mol. The van der Waals surface area contributed by atoms with Crippen molar-refractivity contribution in [2.75, 3.05) is 6.26 Å². The van der Waals surface area contributed by atoms with Crippen LogP contribution in [0.2, 0.25) is 0 Å². The summed E-state index contributed by atoms with van der Waals surface area (Å²) < 4.78 is 5.23. The molecule has 0 aliphatic carbocycles. The van der Waals surface area contributed by atoms with Gasteiger partial charge in [0.2, 0.25) is 0 Å². The highest BCUT2D eigenvalue weighted by Gasteiger charge is 2.13. The second-order valence-corrected chi connectivity index (χ2v) is 3.90. The molecule has 5 heteroatoms. The Kier molecular flexibility index (Phi) is 2.93. The molecule has 80 valence electrons. The van der Waals surface area contributed by atoms with Gasteiger partial charge in [0.1, 0.15) is 16.7 Å². The van der Waals surface area contributed by atoms with Gasteiger partial charge in [0.15, 0.2) is 11.6 Å². The molecule has 0 N–H and O–H groups in total. The van der Waals surface area contributed by atoms with Crippen molar-refractivity contribution in [3.8, 4) is 17.7 Å². The Bertz CT molecular complexity index is 543. The molecule has 0 radical (unpaired) electrons. The van der Waals surface area contributed by atoms with Crippen LogP contribution >= 0.6 is 11.8 Å². The highest BCUT2D eigenvalue weighted by atomic mass is 32.2. The van der Waals surface area contributed by atoms with E-state index in [9.17, 15) is 0 Å². The van der Waals surface area contributed by atoms with Crippen molar-refractivity contribution in [1.82, 2.24) is 9.97 Å². The number of hydrogen-bond acceptors (Lipinski definition) is 5. The molecule has 0 amide bonds. The summed E-state index contributed by atoms with van der Waals surface area (Å²) >= 11 is 1.43. The number of hydrogen-bond donors (Lipinski definition) is 0. The van der Waals surface area contributed by atoms with Crippen molar-refractivity contribution in [1.29, 1.82) is 5.26 Å². The van der Waals surface area contributed by atoms with Crippen LogP contribution in [0.4, 0.5) is 0 Å². The maximum absolute atomic E-state index is 8.99. The lowest BCUT2D eigenvalue weighted by atomic mass is 10.2. The zero-order valence-corrected chi connectivity index (χ0v) is 9.71. The Hall–Kier alpha value is -1.80. The molecule has 0 aliphatic rings. The van der Waals surface area contributed by atoms with Gasteiger partial charge < -0.3 is 4.42 Å². The lowest BCUT2D eigenvalue weighted by Gasteiger charge is -2.04. The van der Waals surface area contributed by atoms with Gasteiger partial charge in [-0.25, -0.2) is 9.97 Å². The lowest BCUT2D eigenvalue weighted by molar-refractivity contribution is 0.576. The number of aromatic nitrogens is 2. The number of aryl methyl sites for hydroxylation is 1. The third kappa shape index (κ3) is 1.79. The van der Waals surface area contributed by atoms with Crippen LogP contribution < -0.4 is 0 Å². The van der Waals surface area contributed by atoms with Gasteiger partial charge in [-0.3, -0.25) is 0 Å². The fourth-order valence-corrected chi connectivity index (χ4v) is 1.91. The molecule has 0 saturated carbocycles. The Morgan fingerprint density at radius 2 is 2.25 bits per heavy atom. The Balaban J connectivity index is 2.60. The van der Waals surface area contributed by atoms with Crippen LogP contribution in [0.3, 0.4) is 0 Å². The van der Waals surface area contributed by atoms with Gasteiger partial charge in [-0.15, -0.1) is 11.8 Å². The van der Waals surface area contributed by atoms with E-state index in [2.05, 4.69) is 16.0 Å². The normalized spacial score (nSPS) is 10.1. The van der Waals surface area contributed by atoms with Crippen LogP contribution in [0, 0.1) is 18.3 Å². The summed E-state index contributed by atoms with van der Waals surface area (Å²) in [4.78, 5) is 8.56. The van der Waals surface area contributed by atoms with Crippen molar-refractivity contribution in [3.05, 3.63) is 29.7 Å². The second-order valence-electron chi connectivity index (χ2n) is 3.11. The Morgan fingerprint density at radius 3 is 2.81 bits per heavy atom. The molecule has 2 heterocycles. The van der Waals surface area contributed by atoms with Gasteiger partial charge in [0, 0.05) is 0 Å². The molecular formula is C11H9N3OS. The molecule has 2 rings (SSSR count). The van der Waals surface area contributed by atoms with E-state index in [-0.39, 0.29) is 0 Å². The minimum absolute atomic E-state index is 0.519. The van der Waals surface area contributed by atoms with Gasteiger partial charge in [0.05, 0.1) is 12.0 Å². The van der Waals surface area contributed by atoms with Gasteiger partial charge in [-0.2, -0.15) is 5.26 Å². The summed E-state index contributed by atoms with van der Waals surface area (Å²) in [5.41, 5.74) is 1.20. The summed E-state index contributed by atoms with van der Waals surface area (Å²) in [6.07, 6.45) is 3.46. The summed E-state index contributed by atoms with van der Waals surface area (Å²) in [6, 6.07) is 5.69. The monoisotopic (exact) mass is 231 g/mol. The number of thioether (sulfide) groups is 1. The SMILES string of the molecule is CSc1nc(-c2ccco2)nc(C)c1C#N. The fourth-order valence-electron chi connectivity index (χ4n) is 1.34. The molecule has 4 nitrogen and oxygen atoms in total. The minimum atomic E-state index is 0.519. The highest BCUT2D eigenvalue weighted by molar-refractivity contribution is 7.98. The van der Waals surface area contributed by atoms with Gasteiger partial charge in [-0.05, 0) is 25.3 Å². The van der Waals surface area contributed by atoms with E-state index in [1.807, 2.05) is 6.26 Å². The molecular weight excluding hydrogens is 222 g/mol. The quantitative estimate of drug-likeness (QED) is 0.587. The molecule has 2 aromatic rings. The minimum Gasteiger partial charge on any atom is -0.461 e. The molecule has 0 aromatic carbocycles. The smallest absolute Gasteiger partial charge is 0.197 e. The van der Waals surface area contributed by atoms with Crippen LogP contribution in [0.15, 0.2) is 27.8 Å². The van der Waals surface area contributed by atoms with Crippen molar-refractivity contribution >= 4 is 11.8 Å². The van der Waals surface area contributed by atoms with Crippen LogP contribution in [-0.4, -0.2) is 16.2 Å². The van der Waals surface area contributed by atoms with E-state index in [0.717, 1.165) is 0 Å². The first-order valence-electron chi connectivity index (χ1n) is 4.63. The van der Waals surface area contributed by atoms with Crippen molar-refractivity contribution in [2.45, 2.75) is 11.9 Å². The zero-order valence-electron chi connectivity index (χ0n) is 8.89. The van der Waals surface area contributed by atoms with E-state index in [1.54, 1.807) is 25.3 Å². The first-order valence-corrected chi connectivity index (χ1v) is 5.85. The third-order valence-electron chi connectivity index (χ3n) is 2.10. The molecule has 0 spiro atoms. The van der Waals surface area contributed by atoms with Crippen LogP contribution in [0.5, 0.6) is 0 Å². The topological polar surface area (TPSA) is 62.7 Å². The number of nitrogens with zero attached hydrogens (tertiary/aromatic N) is 3. The van der Waals surface area contributed by atoms with Crippen molar-refractivity contribution in [2.24, 2.45) is 0 Å². The van der Waals surface area contributed by atoms with Crippen LogP contribution in [0.1, 0.15) is 11.3 Å². The Morgan fingerprint density at radius 1 is 1.44 bits per heavy atom. The van der Waals surface area contributed by atoms with E-state index in [1.165, 1.54) is 11.8 Å². The van der Waals surface area contributed by atoms with Crippen molar-refractivity contribution in [3.63, 3.8) is 0 Å². The molecule has 0 aliphatic heterocycles. The molecule has 0 atom stereocenters. The first kappa shape index (κ1) is 10.7. The summed E-state index contributed by atoms with van der Waals surface area (Å²) in [5, 5.41) is 9.67. The Labute approximate surface area is 97.3 Å². The maximum atomic E-state index is 8.99. The van der Waals surface area contributed by atoms with Crippen LogP contribution in [0.25, 0.3) is 11.6 Å². The number of nitriles is 1. The summed E-state index contributed by atoms with van der Waals surface area (Å²) in [5.74, 6) is 1.13. The molecule has 0 fully saturated rings. The summed E-state index contributed by atoms with van der Waals surface area (Å²) in [6.45, 7) is 1.80. The molecule has 16 heavy (non-hydrogen) atoms. The van der Waals surface area contributed by atoms with Gasteiger partial charge >= 0.3 is 0 Å². The maximum Gasteiger partial charge on any atom is 0.197 e. The van der Waals surface area contributed by atoms with Crippen LogP contribution in [-0.2, 0) is 0 Å². The molecule has 2 aromatic heterocycles. The lowest BCUT2D eigenvalue weighted by Crippen LogP contribution is -1.98. The average molecular weight is 231 g/mol. The molecule has 0 bridgehead atoms. The largest absolute Gasteiger partial charge is 0.461 e. The highest BCUT2D eigenvalue weighted by Crippen LogP contribution is 2.24. The van der Waals surface area contributed by atoms with Crippen molar-refractivity contribution < 1.29 is 4.42 Å². The number of furan rings is 1. The third-order valence-corrected chi connectivity index (χ3v) is 2.79. The van der Waals surface area contributed by atoms with E-state index in [4.69, 9.17) is 9.68 Å². The summed E-state index contributed by atoms with van der Waals surface area (Å²) in [7, 11) is 0. The average Bonchev–Trinajstić information content (AvgIpc) is 2.81. The molecule has 0 unspecified atom stereocenters. The van der Waals surface area contributed by atoms with E-state index in [0.29, 0.717) is 27.9 Å².